The van der Waals surface area contributed by atoms with Gasteiger partial charge in [0.2, 0.25) is 10.0 Å². The van der Waals surface area contributed by atoms with Crippen LogP contribution in [0, 0.1) is 6.92 Å². The molecule has 24 heavy (non-hydrogen) atoms. The molecular weight excluding hydrogens is 346 g/mol. The minimum atomic E-state index is -3.67. The number of sulfonamides is 1. The molecule has 0 atom stereocenters. The van der Waals surface area contributed by atoms with Crippen LogP contribution in [0.1, 0.15) is 34.5 Å². The molecular formula is C16H19N3O3S2. The maximum atomic E-state index is 12.9. The maximum Gasteiger partial charge on any atom is 0.258 e. The molecule has 0 unspecified atom stereocenters. The molecule has 2 heterocycles. The fraction of sp³-hybridized carbons (Fsp3) is 0.375. The summed E-state index contributed by atoms with van der Waals surface area (Å²) in [7, 11) is -3.67. The molecule has 3 rings (SSSR count). The van der Waals surface area contributed by atoms with Gasteiger partial charge < -0.3 is 0 Å². The zero-order valence-electron chi connectivity index (χ0n) is 13.4. The van der Waals surface area contributed by atoms with Gasteiger partial charge >= 0.3 is 0 Å². The van der Waals surface area contributed by atoms with E-state index in [4.69, 9.17) is 0 Å². The molecule has 1 saturated heterocycles. The zero-order valence-corrected chi connectivity index (χ0v) is 15.0. The lowest BCUT2D eigenvalue weighted by atomic mass is 10.2. The van der Waals surface area contributed by atoms with Gasteiger partial charge in [0.05, 0.1) is 10.5 Å². The van der Waals surface area contributed by atoms with Crippen molar-refractivity contribution in [3.63, 3.8) is 0 Å². The number of thiazole rings is 1. The van der Waals surface area contributed by atoms with Gasteiger partial charge in [0.1, 0.15) is 0 Å². The Balaban J connectivity index is 1.91. The monoisotopic (exact) mass is 365 g/mol. The summed E-state index contributed by atoms with van der Waals surface area (Å²) in [5.41, 5.74) is 0.149. The standard InChI is InChI=1S/C16H19N3O3S2/c1-12-11-17-16(23-12)18-15(20)13-7-3-4-8-14(13)24(21,22)19-9-5-2-6-10-19/h3-4,7-8,11H,2,5-6,9-10H2,1H3,(H,17,18,20). The molecule has 0 radical (unpaired) electrons. The van der Waals surface area contributed by atoms with Gasteiger partial charge in [0, 0.05) is 24.2 Å². The van der Waals surface area contributed by atoms with Crippen LogP contribution in [-0.2, 0) is 10.0 Å². The molecule has 1 fully saturated rings. The van der Waals surface area contributed by atoms with Gasteiger partial charge in [-0.1, -0.05) is 18.6 Å². The molecule has 8 heteroatoms. The summed E-state index contributed by atoms with van der Waals surface area (Å²) < 4.78 is 27.3. The second-order valence-corrected chi connectivity index (χ2v) is 8.83. The van der Waals surface area contributed by atoms with E-state index in [1.165, 1.54) is 27.8 Å². The van der Waals surface area contributed by atoms with Gasteiger partial charge in [-0.25, -0.2) is 13.4 Å². The lowest BCUT2D eigenvalue weighted by Crippen LogP contribution is -2.36. The fourth-order valence-electron chi connectivity index (χ4n) is 2.70. The first-order chi connectivity index (χ1) is 11.5. The fourth-order valence-corrected chi connectivity index (χ4v) is 5.07. The molecule has 1 amide bonds. The molecule has 2 aromatic rings. The Morgan fingerprint density at radius 1 is 1.21 bits per heavy atom. The molecule has 1 aromatic heterocycles. The summed E-state index contributed by atoms with van der Waals surface area (Å²) >= 11 is 1.35. The summed E-state index contributed by atoms with van der Waals surface area (Å²) in [6.45, 7) is 2.90. The number of hydrogen-bond donors (Lipinski definition) is 1. The lowest BCUT2D eigenvalue weighted by molar-refractivity contribution is 0.102. The van der Waals surface area contributed by atoms with Crippen LogP contribution in [0.25, 0.3) is 0 Å². The Labute approximate surface area is 145 Å². The third kappa shape index (κ3) is 3.50. The van der Waals surface area contributed by atoms with Crippen LogP contribution in [0.2, 0.25) is 0 Å². The molecule has 1 aliphatic rings. The number of piperidine rings is 1. The van der Waals surface area contributed by atoms with Gasteiger partial charge in [0.15, 0.2) is 5.13 Å². The number of benzene rings is 1. The molecule has 1 aliphatic heterocycles. The van der Waals surface area contributed by atoms with E-state index in [0.717, 1.165) is 24.1 Å². The van der Waals surface area contributed by atoms with Gasteiger partial charge in [-0.2, -0.15) is 4.31 Å². The van der Waals surface area contributed by atoms with Crippen molar-refractivity contribution in [3.8, 4) is 0 Å². The predicted octanol–water partition coefficient (Wildman–Crippen LogP) is 2.88. The van der Waals surface area contributed by atoms with Crippen molar-refractivity contribution in [2.75, 3.05) is 18.4 Å². The normalized spacial score (nSPS) is 16.0. The SMILES string of the molecule is Cc1cnc(NC(=O)c2ccccc2S(=O)(=O)N2CCCCC2)s1. The minimum absolute atomic E-state index is 0.0534. The summed E-state index contributed by atoms with van der Waals surface area (Å²) in [6, 6.07) is 6.33. The van der Waals surface area contributed by atoms with E-state index in [0.29, 0.717) is 18.2 Å². The van der Waals surface area contributed by atoms with Crippen molar-refractivity contribution < 1.29 is 13.2 Å². The highest BCUT2D eigenvalue weighted by Gasteiger charge is 2.29. The van der Waals surface area contributed by atoms with Crippen molar-refractivity contribution in [2.45, 2.75) is 31.1 Å². The Morgan fingerprint density at radius 2 is 1.92 bits per heavy atom. The van der Waals surface area contributed by atoms with Crippen molar-refractivity contribution in [1.29, 1.82) is 0 Å². The first-order valence-electron chi connectivity index (χ1n) is 7.81. The van der Waals surface area contributed by atoms with Gasteiger partial charge in [0.25, 0.3) is 5.91 Å². The Hall–Kier alpha value is -1.77. The van der Waals surface area contributed by atoms with E-state index >= 15 is 0 Å². The van der Waals surface area contributed by atoms with Crippen LogP contribution in [0.15, 0.2) is 35.4 Å². The second-order valence-electron chi connectivity index (χ2n) is 5.69. The van der Waals surface area contributed by atoms with Crippen LogP contribution in [0.4, 0.5) is 5.13 Å². The largest absolute Gasteiger partial charge is 0.298 e. The summed E-state index contributed by atoms with van der Waals surface area (Å²) in [6.07, 6.45) is 4.41. The lowest BCUT2D eigenvalue weighted by Gasteiger charge is -2.26. The zero-order chi connectivity index (χ0) is 17.2. The van der Waals surface area contributed by atoms with Crippen LogP contribution in [0.3, 0.4) is 0 Å². The van der Waals surface area contributed by atoms with E-state index in [2.05, 4.69) is 10.3 Å². The third-order valence-corrected chi connectivity index (χ3v) is 6.69. The number of rotatable bonds is 4. The second kappa shape index (κ2) is 7.00. The quantitative estimate of drug-likeness (QED) is 0.903. The van der Waals surface area contributed by atoms with Crippen molar-refractivity contribution >= 4 is 32.4 Å². The van der Waals surface area contributed by atoms with Crippen molar-refractivity contribution in [2.24, 2.45) is 0 Å². The van der Waals surface area contributed by atoms with Gasteiger partial charge in [-0.3, -0.25) is 10.1 Å². The predicted molar refractivity (Wildman–Crippen MR) is 93.9 cm³/mol. The Morgan fingerprint density at radius 3 is 2.58 bits per heavy atom. The number of carbonyl (C=O) groups is 1. The Kier molecular flexibility index (Phi) is 4.98. The highest BCUT2D eigenvalue weighted by Crippen LogP contribution is 2.25. The molecule has 6 nitrogen and oxygen atoms in total. The average molecular weight is 365 g/mol. The maximum absolute atomic E-state index is 12.9. The van der Waals surface area contributed by atoms with Gasteiger partial charge in [-0.15, -0.1) is 11.3 Å². The molecule has 0 saturated carbocycles. The van der Waals surface area contributed by atoms with E-state index in [9.17, 15) is 13.2 Å². The van der Waals surface area contributed by atoms with E-state index in [-0.39, 0.29) is 10.5 Å². The van der Waals surface area contributed by atoms with Crippen LogP contribution >= 0.6 is 11.3 Å². The molecule has 0 aliphatic carbocycles. The van der Waals surface area contributed by atoms with E-state index in [1.54, 1.807) is 18.3 Å². The first-order valence-corrected chi connectivity index (χ1v) is 10.1. The van der Waals surface area contributed by atoms with Crippen LogP contribution in [-0.4, -0.2) is 36.7 Å². The minimum Gasteiger partial charge on any atom is -0.298 e. The number of nitrogens with one attached hydrogen (secondary N) is 1. The summed E-state index contributed by atoms with van der Waals surface area (Å²) in [5.74, 6) is -0.458. The molecule has 1 N–H and O–H groups in total. The number of aryl methyl sites for hydroxylation is 1. The number of anilines is 1. The number of carbonyl (C=O) groups excluding carboxylic acids is 1. The summed E-state index contributed by atoms with van der Waals surface area (Å²) in [4.78, 5) is 17.7. The number of aromatic nitrogens is 1. The summed E-state index contributed by atoms with van der Waals surface area (Å²) in [5, 5.41) is 3.14. The van der Waals surface area contributed by atoms with E-state index < -0.39 is 15.9 Å². The molecule has 128 valence electrons. The van der Waals surface area contributed by atoms with E-state index in [1.807, 2.05) is 6.92 Å². The number of hydrogen-bond acceptors (Lipinski definition) is 5. The third-order valence-electron chi connectivity index (χ3n) is 3.91. The Bertz CT molecular complexity index is 840. The smallest absolute Gasteiger partial charge is 0.258 e. The van der Waals surface area contributed by atoms with Gasteiger partial charge in [-0.05, 0) is 31.9 Å². The molecule has 0 spiro atoms. The first kappa shape index (κ1) is 17.1. The molecule has 1 aromatic carbocycles. The molecule has 0 bridgehead atoms. The van der Waals surface area contributed by atoms with Crippen LogP contribution in [0.5, 0.6) is 0 Å². The van der Waals surface area contributed by atoms with Crippen molar-refractivity contribution in [3.05, 3.63) is 40.9 Å². The topological polar surface area (TPSA) is 79.4 Å². The number of amides is 1. The number of nitrogens with zero attached hydrogens (tertiary/aromatic N) is 2. The van der Waals surface area contributed by atoms with Crippen molar-refractivity contribution in [1.82, 2.24) is 9.29 Å². The van der Waals surface area contributed by atoms with Crippen LogP contribution < -0.4 is 5.32 Å². The highest BCUT2D eigenvalue weighted by atomic mass is 32.2. The highest BCUT2D eigenvalue weighted by molar-refractivity contribution is 7.89. The average Bonchev–Trinajstić information content (AvgIpc) is 3.00.